The van der Waals surface area contributed by atoms with Gasteiger partial charge in [0.05, 0.1) is 12.2 Å². The summed E-state index contributed by atoms with van der Waals surface area (Å²) in [5.41, 5.74) is 0.388. The van der Waals surface area contributed by atoms with E-state index in [-0.39, 0.29) is 5.91 Å². The van der Waals surface area contributed by atoms with E-state index in [0.717, 1.165) is 0 Å². The third kappa shape index (κ3) is 5.81. The standard InChI is InChI=1S/C15H23N3O3/c1-5-21-15(20)12-6-7-13(16-9-12)18-11(4)14(19)17-8-10(2)3/h6-7,9-11H,5,8H2,1-4H3,(H,16,18)(H,17,19). The minimum Gasteiger partial charge on any atom is -0.462 e. The molecule has 2 N–H and O–H groups in total. The molecule has 0 spiro atoms. The molecule has 0 aliphatic rings. The fourth-order valence-electron chi connectivity index (χ4n) is 1.56. The smallest absolute Gasteiger partial charge is 0.339 e. The van der Waals surface area contributed by atoms with Crippen LogP contribution in [0.25, 0.3) is 0 Å². The van der Waals surface area contributed by atoms with Gasteiger partial charge in [0.1, 0.15) is 11.9 Å². The highest BCUT2D eigenvalue weighted by atomic mass is 16.5. The van der Waals surface area contributed by atoms with Gasteiger partial charge in [0.25, 0.3) is 0 Å². The quantitative estimate of drug-likeness (QED) is 0.750. The number of nitrogens with zero attached hydrogens (tertiary/aromatic N) is 1. The zero-order valence-electron chi connectivity index (χ0n) is 13.0. The van der Waals surface area contributed by atoms with Gasteiger partial charge < -0.3 is 15.4 Å². The molecule has 1 unspecified atom stereocenters. The van der Waals surface area contributed by atoms with Crippen molar-refractivity contribution in [2.45, 2.75) is 33.7 Å². The lowest BCUT2D eigenvalue weighted by Crippen LogP contribution is -2.39. The molecule has 1 amide bonds. The second kappa shape index (κ2) is 8.24. The predicted molar refractivity (Wildman–Crippen MR) is 81.1 cm³/mol. The largest absolute Gasteiger partial charge is 0.462 e. The van der Waals surface area contributed by atoms with Crippen molar-refractivity contribution in [2.24, 2.45) is 5.92 Å². The Kier molecular flexibility index (Phi) is 6.65. The topological polar surface area (TPSA) is 80.3 Å². The highest BCUT2D eigenvalue weighted by Gasteiger charge is 2.13. The van der Waals surface area contributed by atoms with Gasteiger partial charge in [-0.05, 0) is 31.9 Å². The number of carbonyl (C=O) groups excluding carboxylic acids is 2. The number of rotatable bonds is 7. The fraction of sp³-hybridized carbons (Fsp3) is 0.533. The highest BCUT2D eigenvalue weighted by molar-refractivity contribution is 5.89. The van der Waals surface area contributed by atoms with E-state index in [1.807, 2.05) is 13.8 Å². The monoisotopic (exact) mass is 293 g/mol. The van der Waals surface area contributed by atoms with E-state index < -0.39 is 12.0 Å². The lowest BCUT2D eigenvalue weighted by molar-refractivity contribution is -0.121. The summed E-state index contributed by atoms with van der Waals surface area (Å²) < 4.78 is 4.88. The van der Waals surface area contributed by atoms with Crippen molar-refractivity contribution < 1.29 is 14.3 Å². The van der Waals surface area contributed by atoms with Gasteiger partial charge >= 0.3 is 5.97 Å². The number of amides is 1. The van der Waals surface area contributed by atoms with Crippen LogP contribution in [0, 0.1) is 5.92 Å². The van der Waals surface area contributed by atoms with Crippen LogP contribution in [0.5, 0.6) is 0 Å². The Bertz CT molecular complexity index is 472. The van der Waals surface area contributed by atoms with Crippen LogP contribution in [-0.4, -0.2) is 36.1 Å². The van der Waals surface area contributed by atoms with Gasteiger partial charge in [0.15, 0.2) is 0 Å². The van der Waals surface area contributed by atoms with Gasteiger partial charge in [-0.15, -0.1) is 0 Å². The predicted octanol–water partition coefficient (Wildman–Crippen LogP) is 1.83. The molecule has 0 radical (unpaired) electrons. The van der Waals surface area contributed by atoms with Crippen LogP contribution >= 0.6 is 0 Å². The Labute approximate surface area is 125 Å². The molecule has 0 saturated heterocycles. The summed E-state index contributed by atoms with van der Waals surface area (Å²) in [4.78, 5) is 27.4. The first-order valence-corrected chi connectivity index (χ1v) is 7.11. The van der Waals surface area contributed by atoms with E-state index in [2.05, 4.69) is 15.6 Å². The SMILES string of the molecule is CCOC(=O)c1ccc(NC(C)C(=O)NCC(C)C)nc1. The average Bonchev–Trinajstić information content (AvgIpc) is 2.45. The van der Waals surface area contributed by atoms with Gasteiger partial charge in [0, 0.05) is 12.7 Å². The van der Waals surface area contributed by atoms with Crippen LogP contribution < -0.4 is 10.6 Å². The molecule has 1 aromatic rings. The summed E-state index contributed by atoms with van der Waals surface area (Å²) in [5.74, 6) is 0.456. The summed E-state index contributed by atoms with van der Waals surface area (Å²) in [7, 11) is 0. The lowest BCUT2D eigenvalue weighted by Gasteiger charge is -2.15. The number of carbonyl (C=O) groups is 2. The summed E-state index contributed by atoms with van der Waals surface area (Å²) in [5, 5.41) is 5.83. The number of anilines is 1. The van der Waals surface area contributed by atoms with Gasteiger partial charge in [0.2, 0.25) is 5.91 Å². The molecule has 0 saturated carbocycles. The molecule has 116 valence electrons. The van der Waals surface area contributed by atoms with Crippen molar-refractivity contribution >= 4 is 17.7 Å². The molecule has 0 aliphatic heterocycles. The van der Waals surface area contributed by atoms with E-state index in [4.69, 9.17) is 4.74 Å². The number of pyridine rings is 1. The first kappa shape index (κ1) is 16.9. The Morgan fingerprint density at radius 3 is 2.52 bits per heavy atom. The normalized spacial score (nSPS) is 11.9. The lowest BCUT2D eigenvalue weighted by atomic mass is 10.2. The maximum Gasteiger partial charge on any atom is 0.339 e. The molecule has 6 heteroatoms. The van der Waals surface area contributed by atoms with Crippen LogP contribution in [0.3, 0.4) is 0 Å². The molecule has 1 heterocycles. The molecule has 0 aromatic carbocycles. The fourth-order valence-corrected chi connectivity index (χ4v) is 1.56. The van der Waals surface area contributed by atoms with E-state index in [0.29, 0.717) is 30.5 Å². The summed E-state index contributed by atoms with van der Waals surface area (Å²) in [6, 6.07) is 2.87. The molecule has 6 nitrogen and oxygen atoms in total. The van der Waals surface area contributed by atoms with Crippen molar-refractivity contribution in [3.63, 3.8) is 0 Å². The molecule has 0 bridgehead atoms. The average molecular weight is 293 g/mol. The molecule has 21 heavy (non-hydrogen) atoms. The number of nitrogens with one attached hydrogen (secondary N) is 2. The van der Waals surface area contributed by atoms with Crippen LogP contribution in [0.15, 0.2) is 18.3 Å². The Balaban J connectivity index is 2.55. The van der Waals surface area contributed by atoms with Crippen LogP contribution in [0.2, 0.25) is 0 Å². The maximum absolute atomic E-state index is 11.8. The number of hydrogen-bond acceptors (Lipinski definition) is 5. The first-order chi connectivity index (χ1) is 9.93. The third-order valence-corrected chi connectivity index (χ3v) is 2.72. The van der Waals surface area contributed by atoms with Crippen molar-refractivity contribution in [2.75, 3.05) is 18.5 Å². The van der Waals surface area contributed by atoms with Crippen molar-refractivity contribution in [1.82, 2.24) is 10.3 Å². The highest BCUT2D eigenvalue weighted by Crippen LogP contribution is 2.08. The Morgan fingerprint density at radius 1 is 1.29 bits per heavy atom. The van der Waals surface area contributed by atoms with Gasteiger partial charge in [-0.25, -0.2) is 9.78 Å². The second-order valence-electron chi connectivity index (χ2n) is 5.16. The van der Waals surface area contributed by atoms with Crippen LogP contribution in [0.1, 0.15) is 38.1 Å². The second-order valence-corrected chi connectivity index (χ2v) is 5.16. The Hall–Kier alpha value is -2.11. The molecular weight excluding hydrogens is 270 g/mol. The zero-order chi connectivity index (χ0) is 15.8. The first-order valence-electron chi connectivity index (χ1n) is 7.11. The van der Waals surface area contributed by atoms with Crippen LogP contribution in [0.4, 0.5) is 5.82 Å². The molecular formula is C15H23N3O3. The number of ether oxygens (including phenoxy) is 1. The van der Waals surface area contributed by atoms with E-state index in [9.17, 15) is 9.59 Å². The molecule has 1 atom stereocenters. The minimum absolute atomic E-state index is 0.0834. The third-order valence-electron chi connectivity index (χ3n) is 2.72. The molecule has 0 fully saturated rings. The zero-order valence-corrected chi connectivity index (χ0v) is 13.0. The Morgan fingerprint density at radius 2 is 2.00 bits per heavy atom. The van der Waals surface area contributed by atoms with Gasteiger partial charge in [-0.3, -0.25) is 4.79 Å². The summed E-state index contributed by atoms with van der Waals surface area (Å²) in [6.07, 6.45) is 1.43. The van der Waals surface area contributed by atoms with Crippen molar-refractivity contribution in [3.05, 3.63) is 23.9 Å². The van der Waals surface area contributed by atoms with E-state index in [1.165, 1.54) is 6.20 Å². The summed E-state index contributed by atoms with van der Waals surface area (Å²) in [6.45, 7) is 8.54. The van der Waals surface area contributed by atoms with Gasteiger partial charge in [-0.2, -0.15) is 0 Å². The number of aromatic nitrogens is 1. The van der Waals surface area contributed by atoms with Crippen LogP contribution in [-0.2, 0) is 9.53 Å². The summed E-state index contributed by atoms with van der Waals surface area (Å²) >= 11 is 0. The molecule has 1 aromatic heterocycles. The number of hydrogen-bond donors (Lipinski definition) is 2. The van der Waals surface area contributed by atoms with Crippen molar-refractivity contribution in [1.29, 1.82) is 0 Å². The minimum atomic E-state index is -0.403. The van der Waals surface area contributed by atoms with Gasteiger partial charge in [-0.1, -0.05) is 13.8 Å². The number of esters is 1. The maximum atomic E-state index is 11.8. The van der Waals surface area contributed by atoms with E-state index >= 15 is 0 Å². The van der Waals surface area contributed by atoms with E-state index in [1.54, 1.807) is 26.0 Å². The molecule has 1 rings (SSSR count). The van der Waals surface area contributed by atoms with Crippen molar-refractivity contribution in [3.8, 4) is 0 Å². The molecule has 0 aliphatic carbocycles.